The molecule has 0 radical (unpaired) electrons. The number of amides is 2. The van der Waals surface area contributed by atoms with E-state index in [9.17, 15) is 9.90 Å². The molecule has 0 fully saturated rings. The zero-order valence-electron chi connectivity index (χ0n) is 12.2. The van der Waals surface area contributed by atoms with Crippen molar-refractivity contribution in [2.75, 3.05) is 11.9 Å². The first kappa shape index (κ1) is 15.5. The summed E-state index contributed by atoms with van der Waals surface area (Å²) in [7, 11) is 0. The van der Waals surface area contributed by atoms with Crippen molar-refractivity contribution in [2.24, 2.45) is 0 Å². The lowest BCUT2D eigenvalue weighted by atomic mass is 10.1. The van der Waals surface area contributed by atoms with Gasteiger partial charge in [0, 0.05) is 12.2 Å². The standard InChI is InChI=1S/C17H17N3O2/c1-12-2-6-14(7-3-12)16(21)11-19-17(22)20-15-8-4-13(10-18)5-9-15/h2-9,16,21H,11H2,1H3,(H2,19,20,22). The lowest BCUT2D eigenvalue weighted by Gasteiger charge is -2.13. The highest BCUT2D eigenvalue weighted by molar-refractivity contribution is 5.89. The maximum Gasteiger partial charge on any atom is 0.319 e. The highest BCUT2D eigenvalue weighted by Crippen LogP contribution is 2.13. The number of aliphatic hydroxyl groups is 1. The molecular formula is C17H17N3O2. The van der Waals surface area contributed by atoms with Gasteiger partial charge in [-0.1, -0.05) is 29.8 Å². The van der Waals surface area contributed by atoms with E-state index in [1.54, 1.807) is 24.3 Å². The Bertz CT molecular complexity index is 673. The molecule has 2 aromatic carbocycles. The fourth-order valence-electron chi connectivity index (χ4n) is 1.90. The highest BCUT2D eigenvalue weighted by atomic mass is 16.3. The Morgan fingerprint density at radius 2 is 1.82 bits per heavy atom. The molecule has 0 saturated carbocycles. The molecule has 22 heavy (non-hydrogen) atoms. The molecule has 0 heterocycles. The Morgan fingerprint density at radius 3 is 2.41 bits per heavy atom. The van der Waals surface area contributed by atoms with Crippen molar-refractivity contribution < 1.29 is 9.90 Å². The summed E-state index contributed by atoms with van der Waals surface area (Å²) in [5, 5.41) is 24.0. The molecule has 0 aliphatic heterocycles. The van der Waals surface area contributed by atoms with Gasteiger partial charge in [-0.05, 0) is 36.8 Å². The molecule has 0 aromatic heterocycles. The Kier molecular flexibility index (Phi) is 5.12. The second kappa shape index (κ2) is 7.25. The number of aryl methyl sites for hydroxylation is 1. The lowest BCUT2D eigenvalue weighted by Crippen LogP contribution is -2.32. The number of anilines is 1. The summed E-state index contributed by atoms with van der Waals surface area (Å²) >= 11 is 0. The largest absolute Gasteiger partial charge is 0.387 e. The fraction of sp³-hybridized carbons (Fsp3) is 0.176. The number of benzene rings is 2. The third kappa shape index (κ3) is 4.33. The number of rotatable bonds is 4. The van der Waals surface area contributed by atoms with E-state index in [-0.39, 0.29) is 6.54 Å². The number of hydrogen-bond acceptors (Lipinski definition) is 3. The monoisotopic (exact) mass is 295 g/mol. The van der Waals surface area contributed by atoms with Crippen LogP contribution >= 0.6 is 0 Å². The normalized spacial score (nSPS) is 11.3. The molecule has 0 bridgehead atoms. The topological polar surface area (TPSA) is 85.2 Å². The Balaban J connectivity index is 1.84. The second-order valence-corrected chi connectivity index (χ2v) is 4.95. The van der Waals surface area contributed by atoms with Crippen LogP contribution < -0.4 is 10.6 Å². The Morgan fingerprint density at radius 1 is 1.18 bits per heavy atom. The first-order valence-corrected chi connectivity index (χ1v) is 6.88. The second-order valence-electron chi connectivity index (χ2n) is 4.95. The van der Waals surface area contributed by atoms with Crippen LogP contribution in [0.2, 0.25) is 0 Å². The molecule has 112 valence electrons. The summed E-state index contributed by atoms with van der Waals surface area (Å²) in [6.07, 6.45) is -0.757. The molecule has 2 amide bonds. The quantitative estimate of drug-likeness (QED) is 0.810. The first-order chi connectivity index (χ1) is 10.6. The number of carbonyl (C=O) groups is 1. The maximum atomic E-state index is 11.8. The smallest absolute Gasteiger partial charge is 0.319 e. The van der Waals surface area contributed by atoms with E-state index >= 15 is 0 Å². The van der Waals surface area contributed by atoms with Crippen molar-refractivity contribution >= 4 is 11.7 Å². The van der Waals surface area contributed by atoms with Gasteiger partial charge in [0.25, 0.3) is 0 Å². The van der Waals surface area contributed by atoms with Crippen LogP contribution in [-0.2, 0) is 0 Å². The molecule has 5 nitrogen and oxygen atoms in total. The van der Waals surface area contributed by atoms with Crippen molar-refractivity contribution in [1.29, 1.82) is 5.26 Å². The van der Waals surface area contributed by atoms with Gasteiger partial charge in [0.05, 0.1) is 17.7 Å². The van der Waals surface area contributed by atoms with Gasteiger partial charge in [0.2, 0.25) is 0 Å². The lowest BCUT2D eigenvalue weighted by molar-refractivity contribution is 0.175. The summed E-state index contributed by atoms with van der Waals surface area (Å²) in [5.74, 6) is 0. The van der Waals surface area contributed by atoms with Gasteiger partial charge in [0.1, 0.15) is 0 Å². The summed E-state index contributed by atoms with van der Waals surface area (Å²) in [5.41, 5.74) is 2.98. The van der Waals surface area contributed by atoms with Gasteiger partial charge in [-0.25, -0.2) is 4.79 Å². The summed E-state index contributed by atoms with van der Waals surface area (Å²) in [6, 6.07) is 15.6. The van der Waals surface area contributed by atoms with E-state index < -0.39 is 12.1 Å². The number of nitrogens with zero attached hydrogens (tertiary/aromatic N) is 1. The third-order valence-corrected chi connectivity index (χ3v) is 3.19. The average Bonchev–Trinajstić information content (AvgIpc) is 2.54. The first-order valence-electron chi connectivity index (χ1n) is 6.88. The minimum atomic E-state index is -0.757. The Labute approximate surface area is 129 Å². The van der Waals surface area contributed by atoms with Crippen LogP contribution in [0.15, 0.2) is 48.5 Å². The van der Waals surface area contributed by atoms with Crippen molar-refractivity contribution in [3.05, 3.63) is 65.2 Å². The molecule has 0 aliphatic rings. The van der Waals surface area contributed by atoms with Crippen LogP contribution in [0, 0.1) is 18.3 Å². The maximum absolute atomic E-state index is 11.8. The predicted molar refractivity (Wildman–Crippen MR) is 84.3 cm³/mol. The molecule has 2 aromatic rings. The molecule has 2 rings (SSSR count). The minimum Gasteiger partial charge on any atom is -0.387 e. The number of nitriles is 1. The molecule has 1 unspecified atom stereocenters. The zero-order valence-corrected chi connectivity index (χ0v) is 12.2. The number of carbonyl (C=O) groups excluding carboxylic acids is 1. The molecule has 5 heteroatoms. The number of nitrogens with one attached hydrogen (secondary N) is 2. The van der Waals surface area contributed by atoms with E-state index in [4.69, 9.17) is 5.26 Å². The number of urea groups is 1. The van der Waals surface area contributed by atoms with E-state index in [0.717, 1.165) is 11.1 Å². The van der Waals surface area contributed by atoms with Gasteiger partial charge < -0.3 is 15.7 Å². The highest BCUT2D eigenvalue weighted by Gasteiger charge is 2.09. The SMILES string of the molecule is Cc1ccc(C(O)CNC(=O)Nc2ccc(C#N)cc2)cc1. The van der Waals surface area contributed by atoms with E-state index in [1.807, 2.05) is 37.3 Å². The van der Waals surface area contributed by atoms with Crippen LogP contribution in [-0.4, -0.2) is 17.7 Å². The summed E-state index contributed by atoms with van der Waals surface area (Å²) in [6.45, 7) is 2.09. The van der Waals surface area contributed by atoms with Crippen LogP contribution in [0.4, 0.5) is 10.5 Å². The molecule has 3 N–H and O–H groups in total. The van der Waals surface area contributed by atoms with Gasteiger partial charge >= 0.3 is 6.03 Å². The van der Waals surface area contributed by atoms with Crippen LogP contribution in [0.1, 0.15) is 22.8 Å². The fourth-order valence-corrected chi connectivity index (χ4v) is 1.90. The minimum absolute atomic E-state index is 0.116. The van der Waals surface area contributed by atoms with Gasteiger partial charge in [-0.2, -0.15) is 5.26 Å². The third-order valence-electron chi connectivity index (χ3n) is 3.19. The van der Waals surface area contributed by atoms with Gasteiger partial charge in [0.15, 0.2) is 0 Å². The van der Waals surface area contributed by atoms with Crippen molar-refractivity contribution in [3.8, 4) is 6.07 Å². The summed E-state index contributed by atoms with van der Waals surface area (Å²) in [4.78, 5) is 11.8. The van der Waals surface area contributed by atoms with E-state index in [1.165, 1.54) is 0 Å². The van der Waals surface area contributed by atoms with E-state index in [2.05, 4.69) is 10.6 Å². The van der Waals surface area contributed by atoms with E-state index in [0.29, 0.717) is 11.3 Å². The van der Waals surface area contributed by atoms with Crippen molar-refractivity contribution in [3.63, 3.8) is 0 Å². The predicted octanol–water partition coefficient (Wildman–Crippen LogP) is 2.72. The molecule has 0 aliphatic carbocycles. The Hall–Kier alpha value is -2.84. The van der Waals surface area contributed by atoms with Crippen LogP contribution in [0.3, 0.4) is 0 Å². The molecular weight excluding hydrogens is 278 g/mol. The number of aliphatic hydroxyl groups excluding tert-OH is 1. The van der Waals surface area contributed by atoms with Gasteiger partial charge in [-0.15, -0.1) is 0 Å². The van der Waals surface area contributed by atoms with Crippen LogP contribution in [0.25, 0.3) is 0 Å². The zero-order chi connectivity index (χ0) is 15.9. The number of hydrogen-bond donors (Lipinski definition) is 3. The molecule has 0 spiro atoms. The van der Waals surface area contributed by atoms with Crippen LogP contribution in [0.5, 0.6) is 0 Å². The summed E-state index contributed by atoms with van der Waals surface area (Å²) < 4.78 is 0. The molecule has 0 saturated heterocycles. The molecule has 1 atom stereocenters. The van der Waals surface area contributed by atoms with Crippen molar-refractivity contribution in [1.82, 2.24) is 5.32 Å². The average molecular weight is 295 g/mol. The van der Waals surface area contributed by atoms with Crippen molar-refractivity contribution in [2.45, 2.75) is 13.0 Å². The van der Waals surface area contributed by atoms with Gasteiger partial charge in [-0.3, -0.25) is 0 Å².